The Morgan fingerprint density at radius 2 is 1.95 bits per heavy atom. The molecular formula is C12H19Cl2NO4. The van der Waals surface area contributed by atoms with Crippen molar-refractivity contribution in [2.24, 2.45) is 5.73 Å². The molecule has 0 fully saturated rings. The van der Waals surface area contributed by atoms with Crippen molar-refractivity contribution in [2.75, 3.05) is 13.9 Å². The fourth-order valence-electron chi connectivity index (χ4n) is 1.46. The minimum atomic E-state index is -0.892. The summed E-state index contributed by atoms with van der Waals surface area (Å²) in [6.45, 7) is 5.05. The fraction of sp³-hybridized carbons (Fsp3) is 0.583. The van der Waals surface area contributed by atoms with E-state index in [4.69, 9.17) is 43.1 Å². The smallest absolute Gasteiger partial charge is 0.404 e. The normalized spacial score (nSPS) is 16.6. The molecule has 0 saturated carbocycles. The summed E-state index contributed by atoms with van der Waals surface area (Å²) >= 11 is 11.9. The molecule has 0 bridgehead atoms. The van der Waals surface area contributed by atoms with Crippen molar-refractivity contribution in [2.45, 2.75) is 33.0 Å². The molecule has 2 N–H and O–H groups in total. The summed E-state index contributed by atoms with van der Waals surface area (Å²) in [5.74, 6) is 0. The standard InChI is InChI=1S/C12H19Cl2NO4/c1-7(13)5-10(8(2)14)11(18-6-17-4)9(3)19-12(15)16/h5,9,11H,6H2,1-4H3,(H2,15,16). The summed E-state index contributed by atoms with van der Waals surface area (Å²) < 4.78 is 15.2. The third-order valence-electron chi connectivity index (χ3n) is 2.15. The Bertz CT molecular complexity index is 361. The zero-order valence-electron chi connectivity index (χ0n) is 11.4. The molecule has 2 atom stereocenters. The van der Waals surface area contributed by atoms with Gasteiger partial charge in [0.15, 0.2) is 0 Å². The molecule has 0 saturated heterocycles. The van der Waals surface area contributed by atoms with Gasteiger partial charge in [0.05, 0.1) is 0 Å². The number of allylic oxidation sites excluding steroid dienone is 2. The lowest BCUT2D eigenvalue weighted by atomic mass is 10.0. The van der Waals surface area contributed by atoms with Gasteiger partial charge in [-0.3, -0.25) is 0 Å². The van der Waals surface area contributed by atoms with Crippen LogP contribution in [-0.2, 0) is 14.2 Å². The van der Waals surface area contributed by atoms with Crippen molar-refractivity contribution in [1.29, 1.82) is 0 Å². The molecule has 2 unspecified atom stereocenters. The second-order valence-corrected chi connectivity index (χ2v) is 5.02. The molecule has 0 aromatic carbocycles. The monoisotopic (exact) mass is 311 g/mol. The first-order valence-electron chi connectivity index (χ1n) is 5.56. The summed E-state index contributed by atoms with van der Waals surface area (Å²) in [6, 6.07) is 0. The minimum absolute atomic E-state index is 0.0139. The molecule has 0 heterocycles. The number of hydrogen-bond donors (Lipinski definition) is 1. The number of rotatable bonds is 7. The molecule has 110 valence electrons. The van der Waals surface area contributed by atoms with Gasteiger partial charge in [-0.05, 0) is 32.4 Å². The van der Waals surface area contributed by atoms with E-state index in [1.54, 1.807) is 26.8 Å². The molecule has 7 heteroatoms. The van der Waals surface area contributed by atoms with Gasteiger partial charge in [-0.1, -0.05) is 23.2 Å². The molecule has 0 aromatic heterocycles. The van der Waals surface area contributed by atoms with E-state index in [1.165, 1.54) is 7.11 Å². The van der Waals surface area contributed by atoms with Crippen molar-refractivity contribution >= 4 is 29.3 Å². The van der Waals surface area contributed by atoms with E-state index in [1.807, 2.05) is 0 Å². The van der Waals surface area contributed by atoms with Crippen LogP contribution in [0.15, 0.2) is 21.7 Å². The molecule has 0 aliphatic heterocycles. The Labute approximate surface area is 123 Å². The molecule has 19 heavy (non-hydrogen) atoms. The molecule has 1 amide bonds. The lowest BCUT2D eigenvalue weighted by molar-refractivity contribution is -0.0932. The largest absolute Gasteiger partial charge is 0.444 e. The Morgan fingerprint density at radius 1 is 1.37 bits per heavy atom. The second kappa shape index (κ2) is 9.20. The lowest BCUT2D eigenvalue weighted by Gasteiger charge is -2.25. The number of ether oxygens (including phenoxy) is 3. The van der Waals surface area contributed by atoms with Crippen molar-refractivity contribution in [3.8, 4) is 0 Å². The second-order valence-electron chi connectivity index (χ2n) is 3.86. The number of carbonyl (C=O) groups is 1. The number of methoxy groups -OCH3 is 1. The molecule has 0 aromatic rings. The third kappa shape index (κ3) is 7.42. The molecule has 0 spiro atoms. The summed E-state index contributed by atoms with van der Waals surface area (Å²) in [6.07, 6.45) is -0.510. The van der Waals surface area contributed by atoms with Crippen molar-refractivity contribution in [3.63, 3.8) is 0 Å². The van der Waals surface area contributed by atoms with Gasteiger partial charge in [0, 0.05) is 17.2 Å². The van der Waals surface area contributed by atoms with Gasteiger partial charge in [-0.25, -0.2) is 4.79 Å². The van der Waals surface area contributed by atoms with Gasteiger partial charge in [0.2, 0.25) is 0 Å². The maximum Gasteiger partial charge on any atom is 0.404 e. The van der Waals surface area contributed by atoms with Gasteiger partial charge in [0.1, 0.15) is 19.0 Å². The quantitative estimate of drug-likeness (QED) is 0.579. The highest BCUT2D eigenvalue weighted by Gasteiger charge is 2.25. The lowest BCUT2D eigenvalue weighted by Crippen LogP contribution is -2.35. The maximum atomic E-state index is 10.8. The number of amides is 1. The summed E-state index contributed by atoms with van der Waals surface area (Å²) in [7, 11) is 1.48. The van der Waals surface area contributed by atoms with Gasteiger partial charge in [-0.2, -0.15) is 0 Å². The molecular weight excluding hydrogens is 293 g/mol. The van der Waals surface area contributed by atoms with Crippen LogP contribution in [0.3, 0.4) is 0 Å². The van der Waals surface area contributed by atoms with E-state index in [0.29, 0.717) is 15.6 Å². The first-order valence-corrected chi connectivity index (χ1v) is 6.31. The van der Waals surface area contributed by atoms with E-state index < -0.39 is 18.3 Å². The zero-order chi connectivity index (χ0) is 15.0. The van der Waals surface area contributed by atoms with Crippen LogP contribution in [0.5, 0.6) is 0 Å². The molecule has 0 aliphatic carbocycles. The SMILES string of the molecule is COCOC(C(C=C(C)Cl)=C(C)Cl)C(C)OC(N)=O. The van der Waals surface area contributed by atoms with Gasteiger partial charge in [-0.15, -0.1) is 0 Å². The van der Waals surface area contributed by atoms with Crippen molar-refractivity contribution in [3.05, 3.63) is 21.7 Å². The van der Waals surface area contributed by atoms with Crippen LogP contribution >= 0.6 is 23.2 Å². The highest BCUT2D eigenvalue weighted by molar-refractivity contribution is 6.31. The highest BCUT2D eigenvalue weighted by Crippen LogP contribution is 2.23. The first kappa shape index (κ1) is 18.2. The predicted octanol–water partition coefficient (Wildman–Crippen LogP) is 3.11. The van der Waals surface area contributed by atoms with E-state index in [0.717, 1.165) is 0 Å². The highest BCUT2D eigenvalue weighted by atomic mass is 35.5. The maximum absolute atomic E-state index is 10.8. The van der Waals surface area contributed by atoms with Gasteiger partial charge >= 0.3 is 6.09 Å². The van der Waals surface area contributed by atoms with E-state index >= 15 is 0 Å². The number of nitrogens with two attached hydrogens (primary N) is 1. The van der Waals surface area contributed by atoms with Crippen LogP contribution in [0.25, 0.3) is 0 Å². The Kier molecular flexibility index (Phi) is 8.84. The third-order valence-corrected chi connectivity index (χ3v) is 2.48. The summed E-state index contributed by atoms with van der Waals surface area (Å²) in [4.78, 5) is 10.8. The predicted molar refractivity (Wildman–Crippen MR) is 75.0 cm³/mol. The van der Waals surface area contributed by atoms with Crippen LogP contribution in [0.2, 0.25) is 0 Å². The van der Waals surface area contributed by atoms with Crippen LogP contribution in [0, 0.1) is 0 Å². The topological polar surface area (TPSA) is 70.8 Å². The van der Waals surface area contributed by atoms with Gasteiger partial charge < -0.3 is 19.9 Å². The Morgan fingerprint density at radius 3 is 2.32 bits per heavy atom. The Hall–Kier alpha value is -0.750. The fourth-order valence-corrected chi connectivity index (χ4v) is 1.74. The van der Waals surface area contributed by atoms with Crippen LogP contribution in [-0.4, -0.2) is 32.2 Å². The summed E-state index contributed by atoms with van der Waals surface area (Å²) in [5, 5.41) is 0.994. The summed E-state index contributed by atoms with van der Waals surface area (Å²) in [5.41, 5.74) is 5.60. The number of carbonyl (C=O) groups excluding carboxylic acids is 1. The Balaban J connectivity index is 5.24. The zero-order valence-corrected chi connectivity index (χ0v) is 12.9. The molecule has 0 aliphatic rings. The van der Waals surface area contributed by atoms with Crippen LogP contribution in [0.1, 0.15) is 20.8 Å². The van der Waals surface area contributed by atoms with Crippen molar-refractivity contribution in [1.82, 2.24) is 0 Å². The van der Waals surface area contributed by atoms with Gasteiger partial charge in [0.25, 0.3) is 0 Å². The average molecular weight is 312 g/mol. The molecule has 0 radical (unpaired) electrons. The number of hydrogen-bond acceptors (Lipinski definition) is 4. The van der Waals surface area contributed by atoms with Crippen LogP contribution < -0.4 is 5.73 Å². The first-order chi connectivity index (χ1) is 8.79. The average Bonchev–Trinajstić information content (AvgIpc) is 2.26. The van der Waals surface area contributed by atoms with E-state index in [2.05, 4.69) is 0 Å². The molecule has 0 rings (SSSR count). The number of halogens is 2. The van der Waals surface area contributed by atoms with E-state index in [-0.39, 0.29) is 6.79 Å². The minimum Gasteiger partial charge on any atom is -0.444 e. The molecule has 5 nitrogen and oxygen atoms in total. The van der Waals surface area contributed by atoms with Crippen LogP contribution in [0.4, 0.5) is 4.79 Å². The van der Waals surface area contributed by atoms with E-state index in [9.17, 15) is 4.79 Å². The number of primary amides is 1. The van der Waals surface area contributed by atoms with Crippen molar-refractivity contribution < 1.29 is 19.0 Å².